The van der Waals surface area contributed by atoms with Gasteiger partial charge >= 0.3 is 12.1 Å². The zero-order valence-electron chi connectivity index (χ0n) is 15.7. The fraction of sp³-hybridized carbons (Fsp3) is 0.421. The lowest BCUT2D eigenvalue weighted by atomic mass is 10.1. The third-order valence-corrected chi connectivity index (χ3v) is 4.31. The number of carbonyl (C=O) groups is 2. The van der Waals surface area contributed by atoms with Crippen molar-refractivity contribution in [2.75, 3.05) is 6.61 Å². The number of hydrogen-bond donors (Lipinski definition) is 1. The Balaban J connectivity index is 2.21. The van der Waals surface area contributed by atoms with Crippen molar-refractivity contribution in [3.05, 3.63) is 51.7 Å². The molecule has 27 heavy (non-hydrogen) atoms. The minimum absolute atomic E-state index is 0.187. The molecule has 0 saturated carbocycles. The summed E-state index contributed by atoms with van der Waals surface area (Å²) >= 11 is 1.24. The molecule has 146 valence electrons. The predicted molar refractivity (Wildman–Crippen MR) is 100 cm³/mol. The third-order valence-electron chi connectivity index (χ3n) is 3.35. The molecule has 2 rings (SSSR count). The van der Waals surface area contributed by atoms with Crippen molar-refractivity contribution < 1.29 is 23.5 Å². The first-order chi connectivity index (χ1) is 12.7. The lowest BCUT2D eigenvalue weighted by Gasteiger charge is -2.23. The molecule has 0 spiro atoms. The Kier molecular flexibility index (Phi) is 6.90. The van der Waals surface area contributed by atoms with E-state index < -0.39 is 23.7 Å². The number of esters is 1. The Labute approximate surface area is 161 Å². The topological polar surface area (TPSA) is 77.5 Å². The van der Waals surface area contributed by atoms with Gasteiger partial charge in [-0.1, -0.05) is 12.1 Å². The third kappa shape index (κ3) is 6.63. The molecule has 0 fully saturated rings. The maximum absolute atomic E-state index is 13.2. The lowest BCUT2D eigenvalue weighted by Crippen LogP contribution is -2.35. The number of rotatable bonds is 6. The van der Waals surface area contributed by atoms with Crippen molar-refractivity contribution in [3.8, 4) is 0 Å². The van der Waals surface area contributed by atoms with Gasteiger partial charge in [-0.3, -0.25) is 0 Å². The number of nitrogens with one attached hydrogen (secondary N) is 1. The van der Waals surface area contributed by atoms with Gasteiger partial charge in [-0.25, -0.2) is 19.0 Å². The number of halogens is 1. The molecule has 0 aliphatic rings. The van der Waals surface area contributed by atoms with E-state index in [2.05, 4.69) is 10.3 Å². The van der Waals surface area contributed by atoms with E-state index in [-0.39, 0.29) is 18.1 Å². The maximum Gasteiger partial charge on any atom is 0.408 e. The second-order valence-corrected chi connectivity index (χ2v) is 7.71. The maximum atomic E-state index is 13.2. The molecule has 1 amide bonds. The highest BCUT2D eigenvalue weighted by Crippen LogP contribution is 2.24. The van der Waals surface area contributed by atoms with E-state index in [0.29, 0.717) is 11.4 Å². The summed E-state index contributed by atoms with van der Waals surface area (Å²) in [7, 11) is 0. The number of hydrogen-bond acceptors (Lipinski definition) is 6. The smallest absolute Gasteiger partial charge is 0.408 e. The summed E-state index contributed by atoms with van der Waals surface area (Å²) in [4.78, 5) is 28.4. The number of nitrogens with zero attached hydrogens (tertiary/aromatic N) is 1. The normalized spacial score (nSPS) is 12.3. The highest BCUT2D eigenvalue weighted by Gasteiger charge is 2.24. The molecule has 0 aliphatic carbocycles. The molecule has 8 heteroatoms. The number of ether oxygens (including phenoxy) is 2. The van der Waals surface area contributed by atoms with Crippen LogP contribution in [0.1, 0.15) is 54.8 Å². The second-order valence-electron chi connectivity index (χ2n) is 6.82. The van der Waals surface area contributed by atoms with Crippen LogP contribution >= 0.6 is 11.3 Å². The molecule has 0 bridgehead atoms. The highest BCUT2D eigenvalue weighted by atomic mass is 32.1. The Morgan fingerprint density at radius 1 is 1.26 bits per heavy atom. The summed E-state index contributed by atoms with van der Waals surface area (Å²) in [5, 5.41) is 4.90. The van der Waals surface area contributed by atoms with Crippen LogP contribution in [0.4, 0.5) is 9.18 Å². The van der Waals surface area contributed by atoms with E-state index in [0.717, 1.165) is 5.56 Å². The highest BCUT2D eigenvalue weighted by molar-refractivity contribution is 7.09. The summed E-state index contributed by atoms with van der Waals surface area (Å²) in [5.41, 5.74) is 0.348. The SMILES string of the molecule is CCOC(=O)c1csc([C@H](Cc2ccc(F)cc2)NC(=O)OC(C)(C)C)n1. The Hall–Kier alpha value is -2.48. The molecule has 2 aromatic rings. The molecular formula is C19H23FN2O4S. The van der Waals surface area contributed by atoms with Crippen LogP contribution < -0.4 is 5.32 Å². The van der Waals surface area contributed by atoms with E-state index in [1.807, 2.05) is 0 Å². The average molecular weight is 394 g/mol. The van der Waals surface area contributed by atoms with Crippen molar-refractivity contribution in [2.45, 2.75) is 45.8 Å². The quantitative estimate of drug-likeness (QED) is 0.741. The molecule has 0 saturated heterocycles. The molecule has 1 N–H and O–H groups in total. The predicted octanol–water partition coefficient (Wildman–Crippen LogP) is 4.27. The van der Waals surface area contributed by atoms with Crippen LogP contribution in [-0.2, 0) is 15.9 Å². The first-order valence-corrected chi connectivity index (χ1v) is 9.42. The second kappa shape index (κ2) is 8.94. The molecule has 1 aromatic carbocycles. The first kappa shape index (κ1) is 20.8. The molecule has 6 nitrogen and oxygen atoms in total. The number of benzene rings is 1. The van der Waals surface area contributed by atoms with Gasteiger partial charge in [-0.05, 0) is 51.8 Å². The van der Waals surface area contributed by atoms with Crippen LogP contribution in [0.3, 0.4) is 0 Å². The Morgan fingerprint density at radius 3 is 2.52 bits per heavy atom. The number of alkyl carbamates (subject to hydrolysis) is 1. The van der Waals surface area contributed by atoms with Gasteiger partial charge in [0.05, 0.1) is 12.6 Å². The van der Waals surface area contributed by atoms with Crippen molar-refractivity contribution in [1.29, 1.82) is 0 Å². The standard InChI is InChI=1S/C19H23FN2O4S/c1-5-25-17(23)15-11-27-16(21-15)14(22-18(24)26-19(2,3)4)10-12-6-8-13(20)9-7-12/h6-9,11,14H,5,10H2,1-4H3,(H,22,24)/t14-/m0/s1. The van der Waals surface area contributed by atoms with Crippen molar-refractivity contribution >= 4 is 23.4 Å². The number of carbonyl (C=O) groups excluding carboxylic acids is 2. The molecule has 1 heterocycles. The van der Waals surface area contributed by atoms with Crippen LogP contribution in [0, 0.1) is 5.82 Å². The van der Waals surface area contributed by atoms with Crippen LogP contribution in [0.25, 0.3) is 0 Å². The van der Waals surface area contributed by atoms with Gasteiger partial charge in [0.25, 0.3) is 0 Å². The van der Waals surface area contributed by atoms with E-state index in [9.17, 15) is 14.0 Å². The van der Waals surface area contributed by atoms with Gasteiger partial charge in [-0.2, -0.15) is 0 Å². The minimum Gasteiger partial charge on any atom is -0.461 e. The van der Waals surface area contributed by atoms with Crippen LogP contribution in [-0.4, -0.2) is 29.3 Å². The van der Waals surface area contributed by atoms with Gasteiger partial charge in [-0.15, -0.1) is 11.3 Å². The van der Waals surface area contributed by atoms with E-state index in [4.69, 9.17) is 9.47 Å². The van der Waals surface area contributed by atoms with Crippen LogP contribution in [0.5, 0.6) is 0 Å². The summed E-state index contributed by atoms with van der Waals surface area (Å²) < 4.78 is 23.4. The molecule has 0 radical (unpaired) electrons. The molecule has 0 unspecified atom stereocenters. The fourth-order valence-corrected chi connectivity index (χ4v) is 3.09. The summed E-state index contributed by atoms with van der Waals surface area (Å²) in [6, 6.07) is 5.45. The zero-order valence-corrected chi connectivity index (χ0v) is 16.6. The van der Waals surface area contributed by atoms with Gasteiger partial charge in [0, 0.05) is 5.38 Å². The zero-order chi connectivity index (χ0) is 20.0. The number of aromatic nitrogens is 1. The Bertz CT molecular complexity index is 784. The monoisotopic (exact) mass is 394 g/mol. The van der Waals surface area contributed by atoms with Crippen molar-refractivity contribution in [1.82, 2.24) is 10.3 Å². The summed E-state index contributed by atoms with van der Waals surface area (Å²) in [6.07, 6.45) is -0.225. The minimum atomic E-state index is -0.649. The van der Waals surface area contributed by atoms with Crippen LogP contribution in [0.15, 0.2) is 29.6 Å². The molecule has 1 aromatic heterocycles. The summed E-state index contributed by atoms with van der Waals surface area (Å²) in [5.74, 6) is -0.855. The van der Waals surface area contributed by atoms with Gasteiger partial charge < -0.3 is 14.8 Å². The van der Waals surface area contributed by atoms with Gasteiger partial charge in [0.15, 0.2) is 5.69 Å². The largest absolute Gasteiger partial charge is 0.461 e. The molecule has 0 aliphatic heterocycles. The average Bonchev–Trinajstić information content (AvgIpc) is 3.05. The number of thiazole rings is 1. The van der Waals surface area contributed by atoms with Crippen LogP contribution in [0.2, 0.25) is 0 Å². The van der Waals surface area contributed by atoms with E-state index >= 15 is 0 Å². The van der Waals surface area contributed by atoms with E-state index in [1.54, 1.807) is 45.2 Å². The number of amides is 1. The van der Waals surface area contributed by atoms with Gasteiger partial charge in [0.2, 0.25) is 0 Å². The fourth-order valence-electron chi connectivity index (χ4n) is 2.25. The van der Waals surface area contributed by atoms with Crippen molar-refractivity contribution in [2.24, 2.45) is 0 Å². The van der Waals surface area contributed by atoms with Gasteiger partial charge in [0.1, 0.15) is 16.4 Å². The summed E-state index contributed by atoms with van der Waals surface area (Å²) in [6.45, 7) is 7.27. The van der Waals surface area contributed by atoms with Crippen molar-refractivity contribution in [3.63, 3.8) is 0 Å². The van der Waals surface area contributed by atoms with E-state index in [1.165, 1.54) is 23.5 Å². The first-order valence-electron chi connectivity index (χ1n) is 8.54. The molecular weight excluding hydrogens is 371 g/mol. The lowest BCUT2D eigenvalue weighted by molar-refractivity contribution is 0.0502. The Morgan fingerprint density at radius 2 is 1.93 bits per heavy atom. The molecule has 1 atom stereocenters.